The van der Waals surface area contributed by atoms with Crippen LogP contribution in [0.5, 0.6) is 0 Å². The number of benzene rings is 2. The minimum absolute atomic E-state index is 0.290. The van der Waals surface area contributed by atoms with Crippen molar-refractivity contribution >= 4 is 11.9 Å². The molecule has 0 spiro atoms. The van der Waals surface area contributed by atoms with Crippen molar-refractivity contribution in [2.45, 2.75) is 58.7 Å². The SMILES string of the molecule is CC(C)(C)OC(=O)CO.C[C@@H](OCc1ccccc1)[C@H](N)C(=O)NOCc1ccccc1. The Kier molecular flexibility index (Phi) is 12.2. The molecule has 32 heavy (non-hydrogen) atoms. The summed E-state index contributed by atoms with van der Waals surface area (Å²) < 4.78 is 10.3. The predicted molar refractivity (Wildman–Crippen MR) is 121 cm³/mol. The van der Waals surface area contributed by atoms with Gasteiger partial charge in [-0.25, -0.2) is 10.3 Å². The number of nitrogens with one attached hydrogen (secondary N) is 1. The van der Waals surface area contributed by atoms with Gasteiger partial charge in [0.1, 0.15) is 18.2 Å². The molecule has 2 rings (SSSR count). The van der Waals surface area contributed by atoms with Crippen molar-refractivity contribution in [3.05, 3.63) is 71.8 Å². The van der Waals surface area contributed by atoms with Crippen molar-refractivity contribution in [2.75, 3.05) is 6.61 Å². The molecule has 2 aromatic carbocycles. The number of rotatable bonds is 9. The number of aliphatic hydroxyl groups excluding tert-OH is 1. The number of nitrogens with two attached hydrogens (primary N) is 1. The molecule has 1 amide bonds. The highest BCUT2D eigenvalue weighted by Crippen LogP contribution is 2.06. The van der Waals surface area contributed by atoms with E-state index in [4.69, 9.17) is 25.2 Å². The summed E-state index contributed by atoms with van der Waals surface area (Å²) in [6.45, 7) is 7.18. The van der Waals surface area contributed by atoms with E-state index in [9.17, 15) is 9.59 Å². The number of carbonyl (C=O) groups is 2. The maximum Gasteiger partial charge on any atom is 0.332 e. The van der Waals surface area contributed by atoms with Crippen LogP contribution in [0, 0.1) is 0 Å². The van der Waals surface area contributed by atoms with Crippen molar-refractivity contribution in [2.24, 2.45) is 5.73 Å². The molecule has 0 aliphatic heterocycles. The quantitative estimate of drug-likeness (QED) is 0.400. The zero-order valence-electron chi connectivity index (χ0n) is 19.1. The van der Waals surface area contributed by atoms with Crippen LogP contribution in [0.25, 0.3) is 0 Å². The molecular formula is C24H34N2O6. The van der Waals surface area contributed by atoms with Crippen LogP contribution in [0.1, 0.15) is 38.8 Å². The van der Waals surface area contributed by atoms with Crippen molar-refractivity contribution in [3.8, 4) is 0 Å². The normalized spacial score (nSPS) is 12.7. The van der Waals surface area contributed by atoms with E-state index in [1.165, 1.54) is 0 Å². The van der Waals surface area contributed by atoms with Gasteiger partial charge in [-0.05, 0) is 38.8 Å². The van der Waals surface area contributed by atoms with Gasteiger partial charge in [0, 0.05) is 0 Å². The van der Waals surface area contributed by atoms with Crippen LogP contribution in [-0.4, -0.2) is 41.3 Å². The molecule has 8 nitrogen and oxygen atoms in total. The van der Waals surface area contributed by atoms with Gasteiger partial charge in [-0.2, -0.15) is 0 Å². The first-order valence-corrected chi connectivity index (χ1v) is 10.3. The van der Waals surface area contributed by atoms with E-state index < -0.39 is 36.2 Å². The lowest BCUT2D eigenvalue weighted by molar-refractivity contribution is -0.158. The number of esters is 1. The average Bonchev–Trinajstić information content (AvgIpc) is 2.77. The van der Waals surface area contributed by atoms with Gasteiger partial charge < -0.3 is 20.3 Å². The molecule has 0 aromatic heterocycles. The fourth-order valence-electron chi connectivity index (χ4n) is 2.33. The molecule has 0 saturated heterocycles. The van der Waals surface area contributed by atoms with E-state index in [1.54, 1.807) is 27.7 Å². The summed E-state index contributed by atoms with van der Waals surface area (Å²) in [6, 6.07) is 18.5. The van der Waals surface area contributed by atoms with E-state index in [0.717, 1.165) is 11.1 Å². The molecule has 0 radical (unpaired) electrons. The summed E-state index contributed by atoms with van der Waals surface area (Å²) in [5.41, 5.74) is 9.77. The maximum atomic E-state index is 11.9. The molecule has 0 heterocycles. The second-order valence-corrected chi connectivity index (χ2v) is 8.01. The highest BCUT2D eigenvalue weighted by molar-refractivity contribution is 5.81. The lowest BCUT2D eigenvalue weighted by Crippen LogP contribution is -2.48. The fourth-order valence-corrected chi connectivity index (χ4v) is 2.33. The van der Waals surface area contributed by atoms with Crippen LogP contribution in [0.4, 0.5) is 0 Å². The first kappa shape index (κ1) is 27.3. The molecular weight excluding hydrogens is 412 g/mol. The third-order valence-electron chi connectivity index (χ3n) is 3.97. The molecule has 2 aromatic rings. The Labute approximate surface area is 189 Å². The summed E-state index contributed by atoms with van der Waals surface area (Å²) in [6.07, 6.45) is -0.421. The number of amides is 1. The molecule has 176 valence electrons. The number of aliphatic hydroxyl groups is 1. The van der Waals surface area contributed by atoms with Crippen LogP contribution in [0.15, 0.2) is 60.7 Å². The second kappa shape index (κ2) is 14.3. The first-order chi connectivity index (χ1) is 15.1. The van der Waals surface area contributed by atoms with Gasteiger partial charge in [-0.1, -0.05) is 60.7 Å². The number of ether oxygens (including phenoxy) is 2. The number of hydroxylamine groups is 1. The second-order valence-electron chi connectivity index (χ2n) is 8.01. The molecule has 0 aliphatic rings. The molecule has 0 unspecified atom stereocenters. The van der Waals surface area contributed by atoms with Gasteiger partial charge in [0.25, 0.3) is 5.91 Å². The molecule has 0 fully saturated rings. The minimum Gasteiger partial charge on any atom is -0.458 e. The van der Waals surface area contributed by atoms with E-state index in [-0.39, 0.29) is 0 Å². The Morgan fingerprint density at radius 2 is 1.47 bits per heavy atom. The first-order valence-electron chi connectivity index (χ1n) is 10.3. The van der Waals surface area contributed by atoms with Gasteiger partial charge in [0.2, 0.25) is 0 Å². The summed E-state index contributed by atoms with van der Waals surface area (Å²) >= 11 is 0. The van der Waals surface area contributed by atoms with E-state index in [0.29, 0.717) is 13.2 Å². The van der Waals surface area contributed by atoms with Gasteiger partial charge in [-0.3, -0.25) is 9.63 Å². The number of hydrogen-bond acceptors (Lipinski definition) is 7. The average molecular weight is 447 g/mol. The molecule has 8 heteroatoms. The Hall–Kier alpha value is -2.78. The van der Waals surface area contributed by atoms with Crippen LogP contribution in [0.2, 0.25) is 0 Å². The van der Waals surface area contributed by atoms with E-state index in [1.807, 2.05) is 60.7 Å². The molecule has 0 saturated carbocycles. The topological polar surface area (TPSA) is 120 Å². The Morgan fingerprint density at radius 3 is 1.91 bits per heavy atom. The summed E-state index contributed by atoms with van der Waals surface area (Å²) in [7, 11) is 0. The predicted octanol–water partition coefficient (Wildman–Crippen LogP) is 2.49. The monoisotopic (exact) mass is 446 g/mol. The van der Waals surface area contributed by atoms with Gasteiger partial charge in [0.05, 0.1) is 19.3 Å². The lowest BCUT2D eigenvalue weighted by Gasteiger charge is -2.19. The Morgan fingerprint density at radius 1 is 0.969 bits per heavy atom. The van der Waals surface area contributed by atoms with Crippen molar-refractivity contribution in [1.29, 1.82) is 0 Å². The largest absolute Gasteiger partial charge is 0.458 e. The third-order valence-corrected chi connectivity index (χ3v) is 3.97. The molecule has 0 bridgehead atoms. The van der Waals surface area contributed by atoms with Crippen LogP contribution < -0.4 is 11.2 Å². The number of hydrogen-bond donors (Lipinski definition) is 3. The van der Waals surface area contributed by atoms with Gasteiger partial charge in [-0.15, -0.1) is 0 Å². The molecule has 0 aliphatic carbocycles. The van der Waals surface area contributed by atoms with Crippen LogP contribution in [-0.2, 0) is 37.1 Å². The maximum absolute atomic E-state index is 11.9. The zero-order valence-corrected chi connectivity index (χ0v) is 19.1. The molecule has 4 N–H and O–H groups in total. The summed E-state index contributed by atoms with van der Waals surface area (Å²) in [5.74, 6) is -0.982. The van der Waals surface area contributed by atoms with Crippen molar-refractivity contribution < 1.29 is 29.0 Å². The Balaban J connectivity index is 0.000000482. The minimum atomic E-state index is -0.797. The lowest BCUT2D eigenvalue weighted by atomic mass is 10.2. The smallest absolute Gasteiger partial charge is 0.332 e. The van der Waals surface area contributed by atoms with E-state index >= 15 is 0 Å². The van der Waals surface area contributed by atoms with Crippen LogP contribution >= 0.6 is 0 Å². The van der Waals surface area contributed by atoms with Crippen molar-refractivity contribution in [1.82, 2.24) is 5.48 Å². The van der Waals surface area contributed by atoms with Crippen LogP contribution in [0.3, 0.4) is 0 Å². The van der Waals surface area contributed by atoms with Gasteiger partial charge in [0.15, 0.2) is 0 Å². The highest BCUT2D eigenvalue weighted by atomic mass is 16.7. The molecule has 2 atom stereocenters. The summed E-state index contributed by atoms with van der Waals surface area (Å²) in [5, 5.41) is 8.22. The number of carbonyl (C=O) groups excluding carboxylic acids is 2. The third kappa shape index (κ3) is 12.2. The standard InChI is InChI=1S/C18H22N2O3.C6H12O3/c1-14(22-12-15-8-4-2-5-9-15)17(19)18(21)20-23-13-16-10-6-3-7-11-16;1-6(2,3)9-5(8)4-7/h2-11,14,17H,12-13,19H2,1H3,(H,20,21);7H,4H2,1-3H3/t14-,17+;/m1./s1. The highest BCUT2D eigenvalue weighted by Gasteiger charge is 2.21. The fraction of sp³-hybridized carbons (Fsp3) is 0.417. The Bertz CT molecular complexity index is 793. The van der Waals surface area contributed by atoms with Crippen molar-refractivity contribution in [3.63, 3.8) is 0 Å². The van der Waals surface area contributed by atoms with Gasteiger partial charge >= 0.3 is 5.97 Å². The van der Waals surface area contributed by atoms with E-state index in [2.05, 4.69) is 5.48 Å². The zero-order chi connectivity index (χ0) is 24.0. The summed E-state index contributed by atoms with van der Waals surface area (Å²) in [4.78, 5) is 27.5.